The van der Waals surface area contributed by atoms with Crippen molar-refractivity contribution in [1.29, 1.82) is 0 Å². The fourth-order valence-corrected chi connectivity index (χ4v) is 2.34. The predicted octanol–water partition coefficient (Wildman–Crippen LogP) is 2.51. The Morgan fingerprint density at radius 3 is 2.52 bits per heavy atom. The zero-order chi connectivity index (χ0) is 14.9. The van der Waals surface area contributed by atoms with Crippen LogP contribution < -0.4 is 5.32 Å². The van der Waals surface area contributed by atoms with E-state index in [-0.39, 0.29) is 18.6 Å². The summed E-state index contributed by atoms with van der Waals surface area (Å²) >= 11 is 0. The summed E-state index contributed by atoms with van der Waals surface area (Å²) in [5.41, 5.74) is 1.03. The van der Waals surface area contributed by atoms with Crippen LogP contribution >= 0.6 is 0 Å². The van der Waals surface area contributed by atoms with E-state index in [2.05, 4.69) is 9.88 Å². The molecule has 4 nitrogen and oxygen atoms in total. The van der Waals surface area contributed by atoms with Crippen LogP contribution in [0.4, 0.5) is 0 Å². The van der Waals surface area contributed by atoms with Crippen molar-refractivity contribution in [3.05, 3.63) is 60.4 Å². The molecule has 2 aromatic rings. The van der Waals surface area contributed by atoms with Crippen molar-refractivity contribution < 1.29 is 9.90 Å². The number of carbonyl (C=O) groups excluding carboxylic acids is 1. The standard InChI is InChI=1S/C17H22N2O2/c20-14-10-16(15-7-2-1-3-8-15)18-17(21)9-6-13-19-11-4-5-12-19/h1-5,7-8,11-12,16,20H,6,9-10,13-14H2,(H,18,21). The maximum Gasteiger partial charge on any atom is 0.220 e. The van der Waals surface area contributed by atoms with E-state index >= 15 is 0 Å². The maximum atomic E-state index is 12.0. The third-order valence-corrected chi connectivity index (χ3v) is 3.44. The Hall–Kier alpha value is -2.07. The molecule has 0 fully saturated rings. The molecule has 4 heteroatoms. The summed E-state index contributed by atoms with van der Waals surface area (Å²) in [6.07, 6.45) is 5.83. The average Bonchev–Trinajstić information content (AvgIpc) is 3.01. The molecule has 1 aromatic carbocycles. The van der Waals surface area contributed by atoms with Gasteiger partial charge in [-0.3, -0.25) is 4.79 Å². The third kappa shape index (κ3) is 5.08. The number of rotatable bonds is 8. The molecule has 0 spiro atoms. The lowest BCUT2D eigenvalue weighted by Crippen LogP contribution is -2.29. The Labute approximate surface area is 125 Å². The molecular formula is C17H22N2O2. The molecule has 1 amide bonds. The van der Waals surface area contributed by atoms with Gasteiger partial charge in [0.1, 0.15) is 0 Å². The molecule has 2 rings (SSSR count). The summed E-state index contributed by atoms with van der Waals surface area (Å²) in [6, 6.07) is 13.6. The highest BCUT2D eigenvalue weighted by Crippen LogP contribution is 2.16. The second kappa shape index (κ2) is 8.27. The molecule has 2 N–H and O–H groups in total. The zero-order valence-corrected chi connectivity index (χ0v) is 12.1. The number of benzene rings is 1. The van der Waals surface area contributed by atoms with Gasteiger partial charge in [0.2, 0.25) is 5.91 Å². The van der Waals surface area contributed by atoms with Crippen molar-refractivity contribution in [2.45, 2.75) is 31.8 Å². The minimum absolute atomic E-state index is 0.0319. The molecule has 0 bridgehead atoms. The summed E-state index contributed by atoms with van der Waals surface area (Å²) in [6.45, 7) is 0.902. The van der Waals surface area contributed by atoms with Crippen molar-refractivity contribution in [3.8, 4) is 0 Å². The van der Waals surface area contributed by atoms with E-state index in [9.17, 15) is 4.79 Å². The van der Waals surface area contributed by atoms with Crippen LogP contribution in [-0.2, 0) is 11.3 Å². The number of aryl methyl sites for hydroxylation is 1. The topological polar surface area (TPSA) is 54.3 Å². The van der Waals surface area contributed by atoms with Gasteiger partial charge in [-0.25, -0.2) is 0 Å². The first-order valence-corrected chi connectivity index (χ1v) is 7.35. The minimum atomic E-state index is -0.115. The largest absolute Gasteiger partial charge is 0.396 e. The summed E-state index contributed by atoms with van der Waals surface area (Å²) in [4.78, 5) is 12.0. The monoisotopic (exact) mass is 286 g/mol. The SMILES string of the molecule is O=C(CCCn1cccc1)NC(CCO)c1ccccc1. The predicted molar refractivity (Wildman–Crippen MR) is 82.7 cm³/mol. The molecule has 1 aromatic heterocycles. The van der Waals surface area contributed by atoms with Gasteiger partial charge >= 0.3 is 0 Å². The number of amides is 1. The highest BCUT2D eigenvalue weighted by atomic mass is 16.3. The number of carbonyl (C=O) groups is 1. The van der Waals surface area contributed by atoms with Gasteiger partial charge in [-0.1, -0.05) is 30.3 Å². The molecule has 0 saturated carbocycles. The zero-order valence-electron chi connectivity index (χ0n) is 12.1. The fourth-order valence-electron chi connectivity index (χ4n) is 2.34. The van der Waals surface area contributed by atoms with Crippen LogP contribution in [0.15, 0.2) is 54.9 Å². The second-order valence-electron chi connectivity index (χ2n) is 5.07. The average molecular weight is 286 g/mol. The van der Waals surface area contributed by atoms with E-state index in [1.165, 1.54) is 0 Å². The van der Waals surface area contributed by atoms with E-state index in [0.717, 1.165) is 18.5 Å². The Kier molecular flexibility index (Phi) is 6.03. The lowest BCUT2D eigenvalue weighted by molar-refractivity contribution is -0.122. The second-order valence-corrected chi connectivity index (χ2v) is 5.07. The normalized spacial score (nSPS) is 12.0. The molecule has 112 valence electrons. The van der Waals surface area contributed by atoms with Gasteiger partial charge in [-0.15, -0.1) is 0 Å². The lowest BCUT2D eigenvalue weighted by atomic mass is 10.0. The maximum absolute atomic E-state index is 12.0. The smallest absolute Gasteiger partial charge is 0.220 e. The van der Waals surface area contributed by atoms with Crippen LogP contribution in [0.3, 0.4) is 0 Å². The summed E-state index contributed by atoms with van der Waals surface area (Å²) in [7, 11) is 0. The van der Waals surface area contributed by atoms with Gasteiger partial charge in [0.15, 0.2) is 0 Å². The van der Waals surface area contributed by atoms with Gasteiger partial charge < -0.3 is 15.0 Å². The Bertz CT molecular complexity index is 523. The molecular weight excluding hydrogens is 264 g/mol. The lowest BCUT2D eigenvalue weighted by Gasteiger charge is -2.18. The number of aromatic nitrogens is 1. The van der Waals surface area contributed by atoms with E-state index in [1.807, 2.05) is 54.9 Å². The van der Waals surface area contributed by atoms with Crippen LogP contribution in [0.5, 0.6) is 0 Å². The van der Waals surface area contributed by atoms with Crippen molar-refractivity contribution in [3.63, 3.8) is 0 Å². The van der Waals surface area contributed by atoms with Crippen molar-refractivity contribution >= 4 is 5.91 Å². The first-order valence-electron chi connectivity index (χ1n) is 7.35. The number of aliphatic hydroxyl groups is 1. The first kappa shape index (κ1) is 15.3. The number of nitrogens with one attached hydrogen (secondary N) is 1. The molecule has 0 radical (unpaired) electrons. The van der Waals surface area contributed by atoms with Gasteiger partial charge in [-0.05, 0) is 30.5 Å². The van der Waals surface area contributed by atoms with E-state index in [1.54, 1.807) is 0 Å². The third-order valence-electron chi connectivity index (χ3n) is 3.44. The highest BCUT2D eigenvalue weighted by molar-refractivity contribution is 5.76. The molecule has 1 unspecified atom stereocenters. The van der Waals surface area contributed by atoms with E-state index in [4.69, 9.17) is 5.11 Å². The van der Waals surface area contributed by atoms with Crippen molar-refractivity contribution in [2.75, 3.05) is 6.61 Å². The van der Waals surface area contributed by atoms with E-state index in [0.29, 0.717) is 12.8 Å². The van der Waals surface area contributed by atoms with Gasteiger partial charge in [0.05, 0.1) is 6.04 Å². The van der Waals surface area contributed by atoms with Crippen LogP contribution in [0.1, 0.15) is 30.9 Å². The van der Waals surface area contributed by atoms with Gasteiger partial charge in [0, 0.05) is 32.0 Å². The van der Waals surface area contributed by atoms with Crippen LogP contribution in [0, 0.1) is 0 Å². The number of aliphatic hydroxyl groups excluding tert-OH is 1. The molecule has 0 aliphatic rings. The number of hydrogen-bond donors (Lipinski definition) is 2. The number of hydrogen-bond acceptors (Lipinski definition) is 2. The molecule has 0 saturated heterocycles. The van der Waals surface area contributed by atoms with Crippen LogP contribution in [-0.4, -0.2) is 22.2 Å². The van der Waals surface area contributed by atoms with E-state index < -0.39 is 0 Å². The highest BCUT2D eigenvalue weighted by Gasteiger charge is 2.13. The first-order chi connectivity index (χ1) is 10.3. The molecule has 0 aliphatic carbocycles. The summed E-state index contributed by atoms with van der Waals surface area (Å²) < 4.78 is 2.07. The Balaban J connectivity index is 1.81. The van der Waals surface area contributed by atoms with Crippen molar-refractivity contribution in [2.24, 2.45) is 0 Å². The van der Waals surface area contributed by atoms with Crippen molar-refractivity contribution in [1.82, 2.24) is 9.88 Å². The molecule has 21 heavy (non-hydrogen) atoms. The van der Waals surface area contributed by atoms with Crippen LogP contribution in [0.25, 0.3) is 0 Å². The summed E-state index contributed by atoms with van der Waals surface area (Å²) in [5.74, 6) is 0.0319. The number of nitrogens with zero attached hydrogens (tertiary/aromatic N) is 1. The molecule has 1 heterocycles. The summed E-state index contributed by atoms with van der Waals surface area (Å²) in [5, 5.41) is 12.2. The van der Waals surface area contributed by atoms with Crippen LogP contribution in [0.2, 0.25) is 0 Å². The Morgan fingerprint density at radius 1 is 1.14 bits per heavy atom. The quantitative estimate of drug-likeness (QED) is 0.783. The molecule has 0 aliphatic heterocycles. The Morgan fingerprint density at radius 2 is 1.86 bits per heavy atom. The van der Waals surface area contributed by atoms with Gasteiger partial charge in [-0.2, -0.15) is 0 Å². The fraction of sp³-hybridized carbons (Fsp3) is 0.353. The molecule has 1 atom stereocenters. The minimum Gasteiger partial charge on any atom is -0.396 e. The van der Waals surface area contributed by atoms with Gasteiger partial charge in [0.25, 0.3) is 0 Å².